The lowest BCUT2D eigenvalue weighted by atomic mass is 9.91. The van der Waals surface area contributed by atoms with Crippen LogP contribution < -0.4 is 0 Å². The van der Waals surface area contributed by atoms with Crippen molar-refractivity contribution in [3.8, 4) is 0 Å². The van der Waals surface area contributed by atoms with Crippen molar-refractivity contribution in [2.75, 3.05) is 13.7 Å². The van der Waals surface area contributed by atoms with E-state index in [1.165, 1.54) is 32.1 Å². The predicted octanol–water partition coefficient (Wildman–Crippen LogP) is 3.63. The number of hydrogen-bond acceptors (Lipinski definition) is 2. The number of aliphatic hydroxyl groups excluding tert-OH is 1. The lowest BCUT2D eigenvalue weighted by molar-refractivity contribution is 0.0178. The molecular weight excluding hydrogens is 200 g/mol. The molecule has 0 saturated heterocycles. The fourth-order valence-electron chi connectivity index (χ4n) is 2.11. The standard InChI is InChI=1S/C14H30O2/c1-5-6-7-8-9-12(2)10-14(16-4)13(3)11-15/h12-15H,5-11H2,1-4H3. The first kappa shape index (κ1) is 15.9. The van der Waals surface area contributed by atoms with Crippen molar-refractivity contribution in [2.24, 2.45) is 11.8 Å². The molecule has 0 amide bonds. The van der Waals surface area contributed by atoms with Gasteiger partial charge in [-0.25, -0.2) is 0 Å². The molecule has 3 atom stereocenters. The highest BCUT2D eigenvalue weighted by Gasteiger charge is 2.18. The summed E-state index contributed by atoms with van der Waals surface area (Å²) in [6, 6.07) is 0. The maximum absolute atomic E-state index is 9.12. The Kier molecular flexibility index (Phi) is 10.0. The Morgan fingerprint density at radius 3 is 2.31 bits per heavy atom. The van der Waals surface area contributed by atoms with E-state index in [1.807, 2.05) is 0 Å². The molecule has 0 heterocycles. The maximum Gasteiger partial charge on any atom is 0.0621 e. The summed E-state index contributed by atoms with van der Waals surface area (Å²) in [6.45, 7) is 6.81. The van der Waals surface area contributed by atoms with Gasteiger partial charge < -0.3 is 9.84 Å². The van der Waals surface area contributed by atoms with Gasteiger partial charge in [0.05, 0.1) is 6.10 Å². The van der Waals surface area contributed by atoms with Gasteiger partial charge in [-0.2, -0.15) is 0 Å². The average molecular weight is 230 g/mol. The number of ether oxygens (including phenoxy) is 1. The minimum Gasteiger partial charge on any atom is -0.396 e. The molecule has 0 spiro atoms. The summed E-state index contributed by atoms with van der Waals surface area (Å²) in [5.74, 6) is 0.957. The third kappa shape index (κ3) is 7.24. The molecule has 16 heavy (non-hydrogen) atoms. The Morgan fingerprint density at radius 2 is 1.81 bits per heavy atom. The molecule has 1 N–H and O–H groups in total. The molecule has 0 aromatic rings. The van der Waals surface area contributed by atoms with Gasteiger partial charge in [0.25, 0.3) is 0 Å². The molecule has 0 fully saturated rings. The zero-order valence-corrected chi connectivity index (χ0v) is 11.5. The molecule has 0 saturated carbocycles. The smallest absolute Gasteiger partial charge is 0.0621 e. The van der Waals surface area contributed by atoms with Crippen molar-refractivity contribution in [2.45, 2.75) is 65.4 Å². The Labute approximate surface area is 101 Å². The van der Waals surface area contributed by atoms with E-state index in [9.17, 15) is 0 Å². The topological polar surface area (TPSA) is 29.5 Å². The number of methoxy groups -OCH3 is 1. The normalized spacial score (nSPS) is 17.1. The van der Waals surface area contributed by atoms with Gasteiger partial charge in [0.2, 0.25) is 0 Å². The molecule has 98 valence electrons. The Bertz CT molecular complexity index is 148. The van der Waals surface area contributed by atoms with Crippen molar-refractivity contribution in [1.82, 2.24) is 0 Å². The molecule has 0 radical (unpaired) electrons. The van der Waals surface area contributed by atoms with Crippen molar-refractivity contribution in [3.05, 3.63) is 0 Å². The lowest BCUT2D eigenvalue weighted by Gasteiger charge is -2.24. The van der Waals surface area contributed by atoms with E-state index < -0.39 is 0 Å². The first-order chi connectivity index (χ1) is 7.65. The van der Waals surface area contributed by atoms with Gasteiger partial charge in [-0.05, 0) is 12.3 Å². The van der Waals surface area contributed by atoms with E-state index in [-0.39, 0.29) is 18.6 Å². The minimum absolute atomic E-state index is 0.214. The van der Waals surface area contributed by atoms with Crippen LogP contribution in [0.4, 0.5) is 0 Å². The fourth-order valence-corrected chi connectivity index (χ4v) is 2.11. The Hall–Kier alpha value is -0.0800. The van der Waals surface area contributed by atoms with E-state index in [2.05, 4.69) is 20.8 Å². The number of hydrogen-bond donors (Lipinski definition) is 1. The summed E-state index contributed by atoms with van der Waals surface area (Å²) in [7, 11) is 1.75. The SMILES string of the molecule is CCCCCCC(C)CC(OC)C(C)CO. The monoisotopic (exact) mass is 230 g/mol. The van der Waals surface area contributed by atoms with Gasteiger partial charge in [-0.3, -0.25) is 0 Å². The van der Waals surface area contributed by atoms with E-state index in [0.29, 0.717) is 5.92 Å². The van der Waals surface area contributed by atoms with Crippen LogP contribution in [0.25, 0.3) is 0 Å². The van der Waals surface area contributed by atoms with E-state index in [1.54, 1.807) is 7.11 Å². The van der Waals surface area contributed by atoms with Crippen LogP contribution >= 0.6 is 0 Å². The van der Waals surface area contributed by atoms with Gasteiger partial charge in [0, 0.05) is 19.6 Å². The van der Waals surface area contributed by atoms with Gasteiger partial charge in [-0.15, -0.1) is 0 Å². The van der Waals surface area contributed by atoms with Crippen LogP contribution in [0.2, 0.25) is 0 Å². The summed E-state index contributed by atoms with van der Waals surface area (Å²) in [6.07, 6.45) is 7.92. The second-order valence-electron chi connectivity index (χ2n) is 5.12. The van der Waals surface area contributed by atoms with Gasteiger partial charge in [0.1, 0.15) is 0 Å². The van der Waals surface area contributed by atoms with Crippen LogP contribution in [0.3, 0.4) is 0 Å². The molecule has 0 aliphatic rings. The van der Waals surface area contributed by atoms with Crippen LogP contribution in [-0.2, 0) is 4.74 Å². The van der Waals surface area contributed by atoms with Gasteiger partial charge >= 0.3 is 0 Å². The van der Waals surface area contributed by atoms with Crippen LogP contribution in [0, 0.1) is 11.8 Å². The van der Waals surface area contributed by atoms with Crippen molar-refractivity contribution in [1.29, 1.82) is 0 Å². The summed E-state index contributed by atoms with van der Waals surface area (Å²) >= 11 is 0. The highest BCUT2D eigenvalue weighted by atomic mass is 16.5. The number of aliphatic hydroxyl groups is 1. The van der Waals surface area contributed by atoms with Crippen molar-refractivity contribution >= 4 is 0 Å². The second kappa shape index (κ2) is 10.1. The number of unbranched alkanes of at least 4 members (excludes halogenated alkanes) is 3. The zero-order chi connectivity index (χ0) is 12.4. The first-order valence-electron chi connectivity index (χ1n) is 6.79. The minimum atomic E-state index is 0.214. The molecule has 0 aliphatic heterocycles. The quantitative estimate of drug-likeness (QED) is 0.581. The van der Waals surface area contributed by atoms with Gasteiger partial charge in [0.15, 0.2) is 0 Å². The van der Waals surface area contributed by atoms with Crippen LogP contribution in [0.5, 0.6) is 0 Å². The molecule has 0 aromatic carbocycles. The number of rotatable bonds is 10. The average Bonchev–Trinajstić information content (AvgIpc) is 2.30. The lowest BCUT2D eigenvalue weighted by Crippen LogP contribution is -2.25. The molecule has 0 rings (SSSR count). The summed E-state index contributed by atoms with van der Waals surface area (Å²) < 4.78 is 5.44. The molecular formula is C14H30O2. The maximum atomic E-state index is 9.12. The molecule has 2 heteroatoms. The fraction of sp³-hybridized carbons (Fsp3) is 1.00. The highest BCUT2D eigenvalue weighted by molar-refractivity contribution is 4.69. The predicted molar refractivity (Wildman–Crippen MR) is 69.6 cm³/mol. The van der Waals surface area contributed by atoms with Crippen LogP contribution in [-0.4, -0.2) is 24.9 Å². The van der Waals surface area contributed by atoms with Crippen molar-refractivity contribution in [3.63, 3.8) is 0 Å². The molecule has 2 nitrogen and oxygen atoms in total. The Balaban J connectivity index is 3.69. The Morgan fingerprint density at radius 1 is 1.12 bits per heavy atom. The third-order valence-electron chi connectivity index (χ3n) is 3.41. The van der Waals surface area contributed by atoms with E-state index >= 15 is 0 Å². The van der Waals surface area contributed by atoms with Crippen LogP contribution in [0.1, 0.15) is 59.3 Å². The molecule has 0 bridgehead atoms. The summed E-state index contributed by atoms with van der Waals surface area (Å²) in [5.41, 5.74) is 0. The van der Waals surface area contributed by atoms with E-state index in [0.717, 1.165) is 6.42 Å². The summed E-state index contributed by atoms with van der Waals surface area (Å²) in [5, 5.41) is 9.12. The molecule has 0 aromatic heterocycles. The third-order valence-corrected chi connectivity index (χ3v) is 3.41. The molecule has 0 aliphatic carbocycles. The molecule has 3 unspecified atom stereocenters. The zero-order valence-electron chi connectivity index (χ0n) is 11.5. The van der Waals surface area contributed by atoms with Crippen molar-refractivity contribution < 1.29 is 9.84 Å². The van der Waals surface area contributed by atoms with Gasteiger partial charge in [-0.1, -0.05) is 52.9 Å². The van der Waals surface area contributed by atoms with Crippen LogP contribution in [0.15, 0.2) is 0 Å². The van der Waals surface area contributed by atoms with E-state index in [4.69, 9.17) is 9.84 Å². The largest absolute Gasteiger partial charge is 0.396 e. The first-order valence-corrected chi connectivity index (χ1v) is 6.79. The summed E-state index contributed by atoms with van der Waals surface area (Å²) in [4.78, 5) is 0. The highest BCUT2D eigenvalue weighted by Crippen LogP contribution is 2.20. The second-order valence-corrected chi connectivity index (χ2v) is 5.12.